The number of hydrogen-bond donors (Lipinski definition) is 3. The largest absolute Gasteiger partial charge is 0.494 e. The van der Waals surface area contributed by atoms with Crippen molar-refractivity contribution in [1.82, 2.24) is 50.8 Å². The summed E-state index contributed by atoms with van der Waals surface area (Å²) in [5.74, 6) is -2.27. The predicted molar refractivity (Wildman–Crippen MR) is 307 cm³/mol. The molecule has 3 N–H and O–H groups in total. The molecule has 15 nitrogen and oxygen atoms in total. The number of carbonyl (C=O) groups is 2. The highest BCUT2D eigenvalue weighted by molar-refractivity contribution is 7.09. The molecule has 6 heterocycles. The number of rotatable bonds is 32. The molecule has 0 saturated heterocycles. The van der Waals surface area contributed by atoms with Gasteiger partial charge in [-0.1, -0.05) is 30.3 Å². The number of unbranched alkanes of at least 4 members (excludes halogenated alkanes) is 3. The Kier molecular flexibility index (Phi) is 25.3. The van der Waals surface area contributed by atoms with Gasteiger partial charge in [-0.3, -0.25) is 34.4 Å². The van der Waals surface area contributed by atoms with Gasteiger partial charge in [-0.15, -0.1) is 22.7 Å². The highest BCUT2D eigenvalue weighted by Crippen LogP contribution is 2.30. The highest BCUT2D eigenvalue weighted by Gasteiger charge is 2.38. The van der Waals surface area contributed by atoms with Gasteiger partial charge in [-0.25, -0.2) is 9.97 Å². The zero-order valence-corrected chi connectivity index (χ0v) is 47.2. The molecule has 0 atom stereocenters. The fourth-order valence-corrected chi connectivity index (χ4v) is 9.68. The minimum atomic E-state index is -4.86. The zero-order valence-electron chi connectivity index (χ0n) is 45.5. The number of carbonyl (C=O) groups excluding carboxylic acids is 2. The summed E-state index contributed by atoms with van der Waals surface area (Å²) in [6, 6.07) is 35.4. The van der Waals surface area contributed by atoms with Gasteiger partial charge in [0.25, 0.3) is 0 Å². The number of thiazole rings is 2. The molecule has 438 valence electrons. The van der Waals surface area contributed by atoms with E-state index in [-0.39, 0.29) is 13.0 Å². The summed E-state index contributed by atoms with van der Waals surface area (Å²) in [4.78, 5) is 53.3. The van der Waals surface area contributed by atoms with Crippen LogP contribution in [0, 0.1) is 0 Å². The predicted octanol–water partition coefficient (Wildman–Crippen LogP) is 11.8. The first-order valence-electron chi connectivity index (χ1n) is 26.9. The number of halogens is 6. The molecular weight excluding hydrogens is 1120 g/mol. The van der Waals surface area contributed by atoms with Crippen molar-refractivity contribution in [3.63, 3.8) is 0 Å². The lowest BCUT2D eigenvalue weighted by Gasteiger charge is -2.26. The number of pyridine rings is 4. The fourth-order valence-electron chi connectivity index (χ4n) is 8.40. The van der Waals surface area contributed by atoms with Crippen LogP contribution in [0.25, 0.3) is 0 Å². The Morgan fingerprint density at radius 1 is 0.482 bits per heavy atom. The van der Waals surface area contributed by atoms with Gasteiger partial charge < -0.3 is 30.3 Å². The number of Topliss-reactive ketones (excluding diaryl/α,β-unsaturated/α-hetero) is 1. The lowest BCUT2D eigenvalue weighted by atomic mass is 10.1. The second kappa shape index (κ2) is 33.4. The standard InChI is InChI=1S/C34H35F3N6O2S2.C26H30F3N5O2/c35-34(36,37)31(44)10-2-1-7-15-45-30-19-26(21-42(24-32-40-13-16-46-32)22-27-8-3-5-11-38-27)18-29(20-30)43(25-33-41-14-17-47-33)23-28-9-4-6-12-39-28;27-26(28,29)25(35)34-11-5-6-12-36-24-14-20(16-30-18-22-7-1-3-9-32-22)13-21(15-24)17-31-19-23-8-2-4-10-33-23/h3-6,8-9,11-14,16-20H,1-2,7,10,15,21-25H2;1-4,7-10,13-15,30-31H,5-6,11-12,16-19H2,(H,34,35). The van der Waals surface area contributed by atoms with Crippen LogP contribution in [0.1, 0.15) is 88.0 Å². The Balaban J connectivity index is 0.000000248. The first kappa shape index (κ1) is 62.9. The van der Waals surface area contributed by atoms with Crippen molar-refractivity contribution >= 4 is 40.1 Å². The maximum absolute atomic E-state index is 12.6. The molecule has 0 unspecified atom stereocenters. The first-order valence-corrected chi connectivity index (χ1v) is 28.7. The normalized spacial score (nSPS) is 11.5. The van der Waals surface area contributed by atoms with Crippen LogP contribution in [0.5, 0.6) is 11.5 Å². The average molecular weight is 1180 g/mol. The van der Waals surface area contributed by atoms with Gasteiger partial charge in [0.15, 0.2) is 0 Å². The molecule has 0 saturated carbocycles. The number of nitrogens with zero attached hydrogens (tertiary/aromatic N) is 8. The second-order valence-electron chi connectivity index (χ2n) is 19.1. The molecular formula is C60H65F6N11O4S2. The molecule has 0 fully saturated rings. The van der Waals surface area contributed by atoms with Crippen LogP contribution < -0.4 is 30.3 Å². The van der Waals surface area contributed by atoms with E-state index in [9.17, 15) is 35.9 Å². The molecule has 2 aromatic carbocycles. The Bertz CT molecular complexity index is 3050. The van der Waals surface area contributed by atoms with Crippen molar-refractivity contribution in [2.24, 2.45) is 0 Å². The van der Waals surface area contributed by atoms with Gasteiger partial charge >= 0.3 is 18.3 Å². The van der Waals surface area contributed by atoms with Gasteiger partial charge in [0.2, 0.25) is 5.78 Å². The van der Waals surface area contributed by atoms with Crippen molar-refractivity contribution in [3.05, 3.63) is 207 Å². The molecule has 23 heteroatoms. The molecule has 0 aliphatic rings. The van der Waals surface area contributed by atoms with Gasteiger partial charge in [0, 0.05) is 112 Å². The maximum atomic E-state index is 12.6. The Hall–Kier alpha value is -7.70. The van der Waals surface area contributed by atoms with Crippen LogP contribution in [0.4, 0.5) is 32.0 Å². The number of benzene rings is 2. The summed E-state index contributed by atoms with van der Waals surface area (Å²) in [5.41, 5.74) is 7.77. The third-order valence-electron chi connectivity index (χ3n) is 12.3. The van der Waals surface area contributed by atoms with E-state index < -0.39 is 30.5 Å². The number of aromatic nitrogens is 6. The highest BCUT2D eigenvalue weighted by atomic mass is 32.1. The fraction of sp³-hybridized carbons (Fsp3) is 0.333. The summed E-state index contributed by atoms with van der Waals surface area (Å²) >= 11 is 3.19. The zero-order chi connectivity index (χ0) is 58.5. The lowest BCUT2D eigenvalue weighted by Crippen LogP contribution is -2.37. The Morgan fingerprint density at radius 2 is 1.00 bits per heavy atom. The van der Waals surface area contributed by atoms with Crippen LogP contribution in [0.2, 0.25) is 0 Å². The average Bonchev–Trinajstić information content (AvgIpc) is 4.34. The number of hydrogen-bond acceptors (Lipinski definition) is 16. The SMILES string of the molecule is O=C(CCCCCOc1cc(CN(Cc2ccccn2)Cc2nccs2)cc(N(Cc2ccccn2)Cc2nccs2)c1)C(F)(F)F.O=C(NCCCCOc1cc(CNCc2ccccn2)cc(CNCc2ccccn2)c1)C(F)(F)F. The van der Waals surface area contributed by atoms with E-state index >= 15 is 0 Å². The molecule has 1 amide bonds. The molecule has 6 aromatic heterocycles. The third kappa shape index (κ3) is 23.6. The summed E-state index contributed by atoms with van der Waals surface area (Å²) in [7, 11) is 0. The van der Waals surface area contributed by atoms with Gasteiger partial charge in [-0.2, -0.15) is 26.3 Å². The van der Waals surface area contributed by atoms with Gasteiger partial charge in [-0.05, 0) is 122 Å². The van der Waals surface area contributed by atoms with Crippen LogP contribution in [0.3, 0.4) is 0 Å². The summed E-state index contributed by atoms with van der Waals surface area (Å²) in [5, 5.41) is 14.5. The first-order chi connectivity index (χ1) is 40.2. The van der Waals surface area contributed by atoms with Crippen LogP contribution >= 0.6 is 22.7 Å². The Labute approximate surface area is 486 Å². The van der Waals surface area contributed by atoms with E-state index in [0.717, 1.165) is 55.2 Å². The quantitative estimate of drug-likeness (QED) is 0.0269. The summed E-state index contributed by atoms with van der Waals surface area (Å²) in [6.07, 6.45) is 2.56. The molecule has 8 rings (SSSR count). The van der Waals surface area contributed by atoms with E-state index in [1.807, 2.05) is 113 Å². The maximum Gasteiger partial charge on any atom is 0.471 e. The lowest BCUT2D eigenvalue weighted by molar-refractivity contribution is -0.173. The van der Waals surface area contributed by atoms with Crippen molar-refractivity contribution in [3.8, 4) is 11.5 Å². The van der Waals surface area contributed by atoms with E-state index in [4.69, 9.17) is 9.47 Å². The molecule has 0 spiro atoms. The summed E-state index contributed by atoms with van der Waals surface area (Å²) < 4.78 is 86.5. The molecule has 0 bridgehead atoms. The van der Waals surface area contributed by atoms with Crippen molar-refractivity contribution < 1.29 is 45.4 Å². The number of amides is 1. The molecule has 8 aromatic rings. The molecule has 0 radical (unpaired) electrons. The second-order valence-corrected chi connectivity index (χ2v) is 21.0. The smallest absolute Gasteiger partial charge is 0.471 e. The third-order valence-corrected chi connectivity index (χ3v) is 13.9. The minimum absolute atomic E-state index is 0.0537. The van der Waals surface area contributed by atoms with Crippen LogP contribution in [-0.2, 0) is 68.5 Å². The molecule has 83 heavy (non-hydrogen) atoms. The number of nitrogens with one attached hydrogen (secondary N) is 3. The van der Waals surface area contributed by atoms with Gasteiger partial charge in [0.05, 0.1) is 55.6 Å². The van der Waals surface area contributed by atoms with Crippen molar-refractivity contribution in [1.29, 1.82) is 0 Å². The van der Waals surface area contributed by atoms with E-state index in [2.05, 4.69) is 62.5 Å². The van der Waals surface area contributed by atoms with Gasteiger partial charge in [0.1, 0.15) is 21.5 Å². The number of alkyl halides is 6. The molecule has 0 aliphatic carbocycles. The number of anilines is 1. The van der Waals surface area contributed by atoms with Crippen LogP contribution in [-0.4, -0.2) is 78.6 Å². The van der Waals surface area contributed by atoms with Crippen LogP contribution in [0.15, 0.2) is 157 Å². The van der Waals surface area contributed by atoms with E-state index in [1.54, 1.807) is 59.9 Å². The molecule has 0 aliphatic heterocycles. The number of ether oxygens (including phenoxy) is 2. The number of ketones is 1. The Morgan fingerprint density at radius 3 is 1.52 bits per heavy atom. The van der Waals surface area contributed by atoms with Crippen molar-refractivity contribution in [2.45, 2.75) is 110 Å². The van der Waals surface area contributed by atoms with E-state index in [0.29, 0.717) is 109 Å². The topological polar surface area (TPSA) is 173 Å². The van der Waals surface area contributed by atoms with E-state index in [1.165, 1.54) is 0 Å². The van der Waals surface area contributed by atoms with Crippen molar-refractivity contribution in [2.75, 3.05) is 24.7 Å². The summed E-state index contributed by atoms with van der Waals surface area (Å²) in [6.45, 7) is 6.04. The monoisotopic (exact) mass is 1180 g/mol. The minimum Gasteiger partial charge on any atom is -0.494 e.